The van der Waals surface area contributed by atoms with E-state index in [1.807, 2.05) is 19.1 Å². The van der Waals surface area contributed by atoms with E-state index in [1.54, 1.807) is 6.07 Å². The van der Waals surface area contributed by atoms with Gasteiger partial charge in [-0.25, -0.2) is 4.98 Å². The summed E-state index contributed by atoms with van der Waals surface area (Å²) in [7, 11) is 0. The number of benzene rings is 1. The van der Waals surface area contributed by atoms with Gasteiger partial charge in [-0.1, -0.05) is 0 Å². The quantitative estimate of drug-likeness (QED) is 0.655. The van der Waals surface area contributed by atoms with Gasteiger partial charge in [0.15, 0.2) is 0 Å². The Morgan fingerprint density at radius 3 is 2.79 bits per heavy atom. The van der Waals surface area contributed by atoms with E-state index in [1.165, 1.54) is 12.1 Å². The topological polar surface area (TPSA) is 85.3 Å². The largest absolute Gasteiger partial charge is 0.356 e. The molecule has 0 amide bonds. The molecule has 0 aliphatic rings. The number of aromatic nitrogens is 1. The summed E-state index contributed by atoms with van der Waals surface area (Å²) in [5, 5.41) is 11.5. The highest BCUT2D eigenvalue weighted by Gasteiger charge is 2.09. The van der Waals surface area contributed by atoms with E-state index in [0.29, 0.717) is 6.54 Å². The van der Waals surface area contributed by atoms with Gasteiger partial charge < -0.3 is 10.6 Å². The molecule has 1 aromatic carbocycles. The first-order valence-electron chi connectivity index (χ1n) is 6.16. The number of anilines is 1. The molecule has 0 unspecified atom stereocenters. The Kier molecular flexibility index (Phi) is 3.91. The third-order valence-corrected chi connectivity index (χ3v) is 2.97. The summed E-state index contributed by atoms with van der Waals surface area (Å²) in [5.74, 6) is 0.842. The number of nitrogens with two attached hydrogens (primary N) is 1. The van der Waals surface area contributed by atoms with E-state index >= 15 is 0 Å². The Bertz CT molecular complexity index is 600. The predicted octanol–water partition coefficient (Wildman–Crippen LogP) is 1.93. The molecule has 0 spiro atoms. The van der Waals surface area contributed by atoms with E-state index in [2.05, 4.69) is 9.88 Å². The third-order valence-electron chi connectivity index (χ3n) is 2.97. The van der Waals surface area contributed by atoms with Gasteiger partial charge >= 0.3 is 0 Å². The Hall–Kier alpha value is -2.21. The number of rotatable bonds is 5. The van der Waals surface area contributed by atoms with E-state index < -0.39 is 4.92 Å². The lowest BCUT2D eigenvalue weighted by Crippen LogP contribution is -2.29. The van der Waals surface area contributed by atoms with Crippen LogP contribution in [0.15, 0.2) is 30.3 Å². The number of likely N-dealkylation sites (N-methyl/N-ethyl adjacent to an activating group) is 1. The number of non-ortho nitro benzene ring substituents is 1. The van der Waals surface area contributed by atoms with E-state index in [0.717, 1.165) is 29.8 Å². The molecule has 1 heterocycles. The molecular formula is C13H16N4O2. The van der Waals surface area contributed by atoms with Crippen molar-refractivity contribution in [3.63, 3.8) is 0 Å². The van der Waals surface area contributed by atoms with Crippen LogP contribution < -0.4 is 10.6 Å². The van der Waals surface area contributed by atoms with E-state index in [-0.39, 0.29) is 5.69 Å². The van der Waals surface area contributed by atoms with Crippen molar-refractivity contribution in [2.24, 2.45) is 5.73 Å². The second-order valence-corrected chi connectivity index (χ2v) is 4.17. The summed E-state index contributed by atoms with van der Waals surface area (Å²) in [6.07, 6.45) is 0. The van der Waals surface area contributed by atoms with Gasteiger partial charge in [-0.05, 0) is 25.1 Å². The molecule has 0 fully saturated rings. The summed E-state index contributed by atoms with van der Waals surface area (Å²) >= 11 is 0. The van der Waals surface area contributed by atoms with Crippen LogP contribution in [0.5, 0.6) is 0 Å². The number of nitro benzene ring substituents is 1. The van der Waals surface area contributed by atoms with Crippen LogP contribution in [0, 0.1) is 10.1 Å². The molecule has 19 heavy (non-hydrogen) atoms. The molecule has 0 saturated carbocycles. The standard InChI is InChI=1S/C13H16N4O2/c1-2-16(8-7-14)13-6-3-10-9-11(17(18)19)4-5-12(10)15-13/h3-6,9H,2,7-8,14H2,1H3. The maximum Gasteiger partial charge on any atom is 0.270 e. The number of hydrogen-bond acceptors (Lipinski definition) is 5. The molecule has 2 N–H and O–H groups in total. The van der Waals surface area contributed by atoms with Crippen molar-refractivity contribution >= 4 is 22.4 Å². The normalized spacial score (nSPS) is 10.6. The summed E-state index contributed by atoms with van der Waals surface area (Å²) in [4.78, 5) is 16.9. The highest BCUT2D eigenvalue weighted by molar-refractivity contribution is 5.82. The fourth-order valence-electron chi connectivity index (χ4n) is 1.98. The van der Waals surface area contributed by atoms with Crippen molar-refractivity contribution in [3.8, 4) is 0 Å². The van der Waals surface area contributed by atoms with Crippen molar-refractivity contribution in [2.45, 2.75) is 6.92 Å². The second-order valence-electron chi connectivity index (χ2n) is 4.17. The lowest BCUT2D eigenvalue weighted by molar-refractivity contribution is -0.384. The zero-order valence-corrected chi connectivity index (χ0v) is 10.7. The lowest BCUT2D eigenvalue weighted by Gasteiger charge is -2.21. The molecule has 6 heteroatoms. The number of nitrogens with zero attached hydrogens (tertiary/aromatic N) is 3. The van der Waals surface area contributed by atoms with Gasteiger partial charge in [0.25, 0.3) is 5.69 Å². The van der Waals surface area contributed by atoms with Crippen molar-refractivity contribution in [1.29, 1.82) is 0 Å². The van der Waals surface area contributed by atoms with Crippen LogP contribution in [0.4, 0.5) is 11.5 Å². The molecule has 0 atom stereocenters. The summed E-state index contributed by atoms with van der Waals surface area (Å²) in [6, 6.07) is 8.39. The fourth-order valence-corrected chi connectivity index (χ4v) is 1.98. The van der Waals surface area contributed by atoms with Gasteiger partial charge in [-0.3, -0.25) is 10.1 Å². The van der Waals surface area contributed by atoms with Crippen LogP contribution in [-0.2, 0) is 0 Å². The molecule has 0 saturated heterocycles. The average molecular weight is 260 g/mol. The number of fused-ring (bicyclic) bond motifs is 1. The predicted molar refractivity (Wildman–Crippen MR) is 75.3 cm³/mol. The summed E-state index contributed by atoms with van der Waals surface area (Å²) in [5.41, 5.74) is 6.39. The zero-order valence-electron chi connectivity index (χ0n) is 10.7. The molecule has 100 valence electrons. The highest BCUT2D eigenvalue weighted by Crippen LogP contribution is 2.22. The zero-order chi connectivity index (χ0) is 13.8. The first kappa shape index (κ1) is 13.2. The van der Waals surface area contributed by atoms with Crippen molar-refractivity contribution in [1.82, 2.24) is 4.98 Å². The van der Waals surface area contributed by atoms with Crippen molar-refractivity contribution < 1.29 is 4.92 Å². The van der Waals surface area contributed by atoms with Crippen molar-refractivity contribution in [2.75, 3.05) is 24.5 Å². The van der Waals surface area contributed by atoms with Gasteiger partial charge in [0.2, 0.25) is 0 Å². The second kappa shape index (κ2) is 5.62. The smallest absolute Gasteiger partial charge is 0.270 e. The third kappa shape index (κ3) is 2.79. The fraction of sp³-hybridized carbons (Fsp3) is 0.308. The van der Waals surface area contributed by atoms with Crippen LogP contribution >= 0.6 is 0 Å². The van der Waals surface area contributed by atoms with Crippen LogP contribution in [0.1, 0.15) is 6.92 Å². The van der Waals surface area contributed by atoms with E-state index in [9.17, 15) is 10.1 Å². The van der Waals surface area contributed by atoms with Gasteiger partial charge in [0.1, 0.15) is 5.82 Å². The molecule has 2 aromatic rings. The molecule has 0 bridgehead atoms. The Balaban J connectivity index is 2.41. The van der Waals surface area contributed by atoms with Crippen molar-refractivity contribution in [3.05, 3.63) is 40.4 Å². The first-order chi connectivity index (χ1) is 9.15. The van der Waals surface area contributed by atoms with Gasteiger partial charge in [0.05, 0.1) is 10.4 Å². The average Bonchev–Trinajstić information content (AvgIpc) is 2.43. The Morgan fingerprint density at radius 1 is 1.37 bits per heavy atom. The SMILES string of the molecule is CCN(CCN)c1ccc2cc([N+](=O)[O-])ccc2n1. The minimum absolute atomic E-state index is 0.0800. The van der Waals surface area contributed by atoms with Gasteiger partial charge in [0, 0.05) is 37.2 Å². The monoisotopic (exact) mass is 260 g/mol. The summed E-state index contributed by atoms with van der Waals surface area (Å²) < 4.78 is 0. The lowest BCUT2D eigenvalue weighted by atomic mass is 10.2. The van der Waals surface area contributed by atoms with Gasteiger partial charge in [-0.2, -0.15) is 0 Å². The maximum absolute atomic E-state index is 10.7. The Morgan fingerprint density at radius 2 is 2.16 bits per heavy atom. The minimum atomic E-state index is -0.403. The highest BCUT2D eigenvalue weighted by atomic mass is 16.6. The van der Waals surface area contributed by atoms with Crippen LogP contribution in [0.25, 0.3) is 10.9 Å². The summed E-state index contributed by atoms with van der Waals surface area (Å²) in [6.45, 7) is 4.16. The number of hydrogen-bond donors (Lipinski definition) is 1. The van der Waals surface area contributed by atoms with Gasteiger partial charge in [-0.15, -0.1) is 0 Å². The molecule has 2 rings (SSSR count). The molecule has 0 aliphatic heterocycles. The maximum atomic E-state index is 10.7. The van der Waals surface area contributed by atoms with Crippen LogP contribution in [0.2, 0.25) is 0 Å². The molecule has 1 aromatic heterocycles. The first-order valence-corrected chi connectivity index (χ1v) is 6.16. The molecule has 0 radical (unpaired) electrons. The molecular weight excluding hydrogens is 244 g/mol. The molecule has 6 nitrogen and oxygen atoms in total. The van der Waals surface area contributed by atoms with Crippen LogP contribution in [-0.4, -0.2) is 29.5 Å². The van der Waals surface area contributed by atoms with Crippen LogP contribution in [0.3, 0.4) is 0 Å². The van der Waals surface area contributed by atoms with E-state index in [4.69, 9.17) is 5.73 Å². The molecule has 0 aliphatic carbocycles. The minimum Gasteiger partial charge on any atom is -0.356 e. The number of pyridine rings is 1. The Labute approximate surface area is 111 Å². The number of nitro groups is 1.